The van der Waals surface area contributed by atoms with Crippen molar-refractivity contribution in [3.8, 4) is 0 Å². The topological polar surface area (TPSA) is 72.3 Å². The molecular formula is C12H18BrN3O. The van der Waals surface area contributed by atoms with E-state index in [0.717, 1.165) is 10.0 Å². The first kappa shape index (κ1) is 14.0. The van der Waals surface area contributed by atoms with E-state index in [0.29, 0.717) is 12.2 Å². The number of benzene rings is 1. The number of carbonyl (C=O) groups excluding carboxylic acids is 1. The third-order valence-electron chi connectivity index (χ3n) is 2.57. The fraction of sp³-hybridized carbons (Fsp3) is 0.417. The van der Waals surface area contributed by atoms with Gasteiger partial charge in [-0.2, -0.15) is 0 Å². The van der Waals surface area contributed by atoms with Crippen LogP contribution in [0.4, 0.5) is 5.69 Å². The summed E-state index contributed by atoms with van der Waals surface area (Å²) in [6, 6.07) is 5.96. The van der Waals surface area contributed by atoms with Gasteiger partial charge in [0.2, 0.25) is 5.91 Å². The molecule has 0 fully saturated rings. The van der Waals surface area contributed by atoms with Crippen molar-refractivity contribution in [2.45, 2.75) is 26.4 Å². The van der Waals surface area contributed by atoms with Crippen LogP contribution in [0.3, 0.4) is 0 Å². The van der Waals surface area contributed by atoms with Crippen LogP contribution in [0.2, 0.25) is 0 Å². The zero-order chi connectivity index (χ0) is 13.0. The maximum Gasteiger partial charge on any atom is 0.231 e. The quantitative estimate of drug-likeness (QED) is 0.813. The number of hydrogen-bond acceptors (Lipinski definition) is 3. The van der Waals surface area contributed by atoms with Gasteiger partial charge in [-0.1, -0.05) is 12.1 Å². The number of nitrogens with two attached hydrogens (primary N) is 2. The minimum Gasteiger partial charge on any atom is -0.398 e. The van der Waals surface area contributed by atoms with Gasteiger partial charge in [0.25, 0.3) is 0 Å². The first-order valence-corrected chi connectivity index (χ1v) is 6.26. The number of primary amides is 1. The Morgan fingerprint density at radius 3 is 2.65 bits per heavy atom. The Morgan fingerprint density at radius 1 is 1.47 bits per heavy atom. The summed E-state index contributed by atoms with van der Waals surface area (Å²) in [5.41, 5.74) is 12.8. The van der Waals surface area contributed by atoms with E-state index >= 15 is 0 Å². The van der Waals surface area contributed by atoms with Gasteiger partial charge in [-0.3, -0.25) is 9.69 Å². The van der Waals surface area contributed by atoms with Crippen molar-refractivity contribution < 1.29 is 4.79 Å². The van der Waals surface area contributed by atoms with Gasteiger partial charge in [0.15, 0.2) is 0 Å². The van der Waals surface area contributed by atoms with E-state index in [-0.39, 0.29) is 18.5 Å². The average molecular weight is 300 g/mol. The minimum atomic E-state index is -0.321. The predicted molar refractivity (Wildman–Crippen MR) is 73.3 cm³/mol. The van der Waals surface area contributed by atoms with Gasteiger partial charge in [0.1, 0.15) is 0 Å². The molecule has 0 saturated carbocycles. The number of hydrogen-bond donors (Lipinski definition) is 2. The summed E-state index contributed by atoms with van der Waals surface area (Å²) < 4.78 is 0.884. The number of halogens is 1. The Balaban J connectivity index is 2.86. The van der Waals surface area contributed by atoms with Gasteiger partial charge in [-0.25, -0.2) is 0 Å². The van der Waals surface area contributed by atoms with Crippen molar-refractivity contribution in [1.29, 1.82) is 0 Å². The van der Waals surface area contributed by atoms with E-state index in [4.69, 9.17) is 11.5 Å². The molecule has 0 saturated heterocycles. The van der Waals surface area contributed by atoms with Crippen LogP contribution in [-0.4, -0.2) is 23.4 Å². The highest BCUT2D eigenvalue weighted by molar-refractivity contribution is 9.10. The molecule has 17 heavy (non-hydrogen) atoms. The Labute approximate surface area is 110 Å². The van der Waals surface area contributed by atoms with Crippen molar-refractivity contribution in [1.82, 2.24) is 4.90 Å². The number of rotatable bonds is 5. The van der Waals surface area contributed by atoms with Crippen LogP contribution in [0.25, 0.3) is 0 Å². The molecule has 1 aromatic rings. The number of carbonyl (C=O) groups is 1. The third kappa shape index (κ3) is 4.02. The molecule has 1 aromatic carbocycles. The Bertz CT molecular complexity index is 407. The normalized spacial score (nSPS) is 11.1. The van der Waals surface area contributed by atoms with Crippen LogP contribution in [0.5, 0.6) is 0 Å². The van der Waals surface area contributed by atoms with Crippen LogP contribution in [0, 0.1) is 0 Å². The van der Waals surface area contributed by atoms with Crippen molar-refractivity contribution in [2.24, 2.45) is 5.73 Å². The van der Waals surface area contributed by atoms with Crippen LogP contribution in [-0.2, 0) is 11.3 Å². The highest BCUT2D eigenvalue weighted by Crippen LogP contribution is 2.25. The number of amides is 1. The largest absolute Gasteiger partial charge is 0.398 e. The van der Waals surface area contributed by atoms with Gasteiger partial charge in [0.05, 0.1) is 6.54 Å². The molecule has 0 aliphatic carbocycles. The highest BCUT2D eigenvalue weighted by Gasteiger charge is 2.14. The summed E-state index contributed by atoms with van der Waals surface area (Å²) in [6.45, 7) is 4.96. The fourth-order valence-corrected chi connectivity index (χ4v) is 1.95. The van der Waals surface area contributed by atoms with Crippen LogP contribution in [0.1, 0.15) is 19.4 Å². The van der Waals surface area contributed by atoms with Crippen molar-refractivity contribution in [3.05, 3.63) is 28.2 Å². The zero-order valence-corrected chi connectivity index (χ0v) is 11.7. The van der Waals surface area contributed by atoms with E-state index in [1.54, 1.807) is 0 Å². The van der Waals surface area contributed by atoms with Gasteiger partial charge >= 0.3 is 0 Å². The second-order valence-electron chi connectivity index (χ2n) is 4.29. The SMILES string of the molecule is CC(C)N(CC(N)=O)Cc1cccc(N)c1Br. The van der Waals surface area contributed by atoms with Crippen molar-refractivity contribution in [2.75, 3.05) is 12.3 Å². The van der Waals surface area contributed by atoms with E-state index in [1.807, 2.05) is 36.9 Å². The highest BCUT2D eigenvalue weighted by atomic mass is 79.9. The molecule has 1 rings (SSSR count). The predicted octanol–water partition coefficient (Wildman–Crippen LogP) is 1.73. The lowest BCUT2D eigenvalue weighted by atomic mass is 10.1. The molecule has 5 heteroatoms. The Hall–Kier alpha value is -1.07. The molecule has 4 N–H and O–H groups in total. The van der Waals surface area contributed by atoms with Crippen LogP contribution >= 0.6 is 15.9 Å². The summed E-state index contributed by atoms with van der Waals surface area (Å²) in [5, 5.41) is 0. The van der Waals surface area contributed by atoms with E-state index in [2.05, 4.69) is 15.9 Å². The molecule has 0 heterocycles. The average Bonchev–Trinajstić information content (AvgIpc) is 2.22. The first-order chi connectivity index (χ1) is 7.91. The molecule has 0 aliphatic heterocycles. The first-order valence-electron chi connectivity index (χ1n) is 5.47. The molecule has 0 aromatic heterocycles. The molecule has 94 valence electrons. The van der Waals surface area contributed by atoms with E-state index in [1.165, 1.54) is 0 Å². The van der Waals surface area contributed by atoms with Crippen molar-refractivity contribution in [3.63, 3.8) is 0 Å². The number of anilines is 1. The van der Waals surface area contributed by atoms with Gasteiger partial charge in [0, 0.05) is 22.7 Å². The molecule has 0 unspecified atom stereocenters. The Morgan fingerprint density at radius 2 is 2.12 bits per heavy atom. The molecule has 0 atom stereocenters. The molecule has 0 bridgehead atoms. The lowest BCUT2D eigenvalue weighted by molar-refractivity contribution is -0.119. The van der Waals surface area contributed by atoms with Crippen molar-refractivity contribution >= 4 is 27.5 Å². The smallest absolute Gasteiger partial charge is 0.231 e. The van der Waals surface area contributed by atoms with E-state index < -0.39 is 0 Å². The number of nitrogens with zero attached hydrogens (tertiary/aromatic N) is 1. The zero-order valence-electron chi connectivity index (χ0n) is 10.1. The molecule has 4 nitrogen and oxygen atoms in total. The standard InChI is InChI=1S/C12H18BrN3O/c1-8(2)16(7-11(15)17)6-9-4-3-5-10(14)12(9)13/h3-5,8H,6-7,14H2,1-2H3,(H2,15,17). The summed E-state index contributed by atoms with van der Waals surface area (Å²) in [4.78, 5) is 13.0. The summed E-state index contributed by atoms with van der Waals surface area (Å²) in [7, 11) is 0. The molecular weight excluding hydrogens is 282 g/mol. The Kier molecular flexibility index (Phi) is 4.96. The number of nitrogen functional groups attached to an aromatic ring is 1. The summed E-state index contributed by atoms with van der Waals surface area (Å²) in [5.74, 6) is -0.321. The van der Waals surface area contributed by atoms with E-state index in [9.17, 15) is 4.79 Å². The lowest BCUT2D eigenvalue weighted by Crippen LogP contribution is -2.38. The monoisotopic (exact) mass is 299 g/mol. The minimum absolute atomic E-state index is 0.246. The fourth-order valence-electron chi connectivity index (χ4n) is 1.56. The second kappa shape index (κ2) is 6.02. The maximum atomic E-state index is 11.0. The van der Waals surface area contributed by atoms with Gasteiger partial charge < -0.3 is 11.5 Å². The van der Waals surface area contributed by atoms with Crippen LogP contribution in [0.15, 0.2) is 22.7 Å². The third-order valence-corrected chi connectivity index (χ3v) is 3.54. The molecule has 0 spiro atoms. The van der Waals surface area contributed by atoms with Crippen LogP contribution < -0.4 is 11.5 Å². The lowest BCUT2D eigenvalue weighted by Gasteiger charge is -2.25. The van der Waals surface area contributed by atoms with Gasteiger partial charge in [-0.15, -0.1) is 0 Å². The summed E-state index contributed by atoms with van der Waals surface area (Å²) in [6.07, 6.45) is 0. The summed E-state index contributed by atoms with van der Waals surface area (Å²) >= 11 is 3.46. The molecule has 0 aliphatic rings. The molecule has 1 amide bonds. The van der Waals surface area contributed by atoms with Gasteiger partial charge in [-0.05, 0) is 41.4 Å². The molecule has 0 radical (unpaired) electrons. The maximum absolute atomic E-state index is 11.0. The second-order valence-corrected chi connectivity index (χ2v) is 5.08.